The highest BCUT2D eigenvalue weighted by Crippen LogP contribution is 2.10. The van der Waals surface area contributed by atoms with Gasteiger partial charge >= 0.3 is 0 Å². The second-order valence-electron chi connectivity index (χ2n) is 6.44. The highest BCUT2D eigenvalue weighted by atomic mass is 16.5. The van der Waals surface area contributed by atoms with Crippen LogP contribution < -0.4 is 10.6 Å². The lowest BCUT2D eigenvalue weighted by molar-refractivity contribution is -0.0174. The van der Waals surface area contributed by atoms with Gasteiger partial charge in [0, 0.05) is 38.8 Å². The van der Waals surface area contributed by atoms with Crippen LogP contribution in [0.3, 0.4) is 0 Å². The summed E-state index contributed by atoms with van der Waals surface area (Å²) >= 11 is 0. The number of guanidine groups is 1. The van der Waals surface area contributed by atoms with E-state index in [4.69, 9.17) is 4.74 Å². The zero-order chi connectivity index (χ0) is 17.4. The summed E-state index contributed by atoms with van der Waals surface area (Å²) in [5, 5.41) is 6.88. The van der Waals surface area contributed by atoms with E-state index in [1.54, 1.807) is 0 Å². The van der Waals surface area contributed by atoms with Crippen LogP contribution in [0, 0.1) is 0 Å². The molecule has 1 aromatic carbocycles. The Bertz CT molecular complexity index is 532. The van der Waals surface area contributed by atoms with E-state index in [0.29, 0.717) is 12.1 Å². The summed E-state index contributed by atoms with van der Waals surface area (Å²) in [4.78, 5) is 6.84. The van der Waals surface area contributed by atoms with Crippen LogP contribution in [0.25, 0.3) is 0 Å². The zero-order valence-corrected chi connectivity index (χ0v) is 15.5. The van der Waals surface area contributed by atoms with E-state index in [0.717, 1.165) is 45.2 Å². The summed E-state index contributed by atoms with van der Waals surface area (Å²) in [6.07, 6.45) is 1.05. The highest BCUT2D eigenvalue weighted by Gasteiger charge is 2.23. The third-order valence-electron chi connectivity index (χ3n) is 4.72. The minimum atomic E-state index is 0.449. The van der Waals surface area contributed by atoms with Crippen LogP contribution in [0.4, 0.5) is 0 Å². The maximum Gasteiger partial charge on any atom is 0.191 e. The van der Waals surface area contributed by atoms with E-state index in [9.17, 15) is 0 Å². The summed E-state index contributed by atoms with van der Waals surface area (Å²) < 4.78 is 5.52. The standard InChI is InChI=1S/C19H32N4O/c1-5-17-8-6-7-9-18(17)13-22-19(20-4)21-12-15(2)23-10-11-24-14-16(23)3/h6-9,15-16H,5,10-14H2,1-4H3,(H2,20,21,22). The normalized spacial score (nSPS) is 20.7. The molecule has 1 aromatic rings. The fourth-order valence-electron chi connectivity index (χ4n) is 3.23. The van der Waals surface area contributed by atoms with Gasteiger partial charge in [-0.1, -0.05) is 31.2 Å². The van der Waals surface area contributed by atoms with Crippen molar-refractivity contribution in [2.24, 2.45) is 4.99 Å². The Balaban J connectivity index is 1.82. The van der Waals surface area contributed by atoms with Gasteiger partial charge in [-0.25, -0.2) is 0 Å². The van der Waals surface area contributed by atoms with Crippen molar-refractivity contribution in [1.82, 2.24) is 15.5 Å². The molecule has 24 heavy (non-hydrogen) atoms. The molecule has 5 nitrogen and oxygen atoms in total. The Morgan fingerprint density at radius 1 is 1.33 bits per heavy atom. The topological polar surface area (TPSA) is 48.9 Å². The van der Waals surface area contributed by atoms with Crippen molar-refractivity contribution in [2.45, 2.75) is 45.8 Å². The first-order chi connectivity index (χ1) is 11.7. The van der Waals surface area contributed by atoms with Gasteiger partial charge in [0.2, 0.25) is 0 Å². The van der Waals surface area contributed by atoms with Crippen LogP contribution in [0.15, 0.2) is 29.3 Å². The maximum atomic E-state index is 5.52. The molecular weight excluding hydrogens is 300 g/mol. The van der Waals surface area contributed by atoms with Crippen LogP contribution in [0.2, 0.25) is 0 Å². The molecule has 1 aliphatic rings. The molecule has 0 aromatic heterocycles. The number of morpholine rings is 1. The number of aliphatic imine (C=N–C) groups is 1. The first-order valence-electron chi connectivity index (χ1n) is 9.00. The molecule has 2 atom stereocenters. The first-order valence-corrected chi connectivity index (χ1v) is 9.00. The van der Waals surface area contributed by atoms with Crippen molar-refractivity contribution in [3.05, 3.63) is 35.4 Å². The van der Waals surface area contributed by atoms with Gasteiger partial charge in [-0.2, -0.15) is 0 Å². The fraction of sp³-hybridized carbons (Fsp3) is 0.632. The van der Waals surface area contributed by atoms with Gasteiger partial charge < -0.3 is 15.4 Å². The number of nitrogens with zero attached hydrogens (tertiary/aromatic N) is 2. The van der Waals surface area contributed by atoms with Crippen molar-refractivity contribution in [3.8, 4) is 0 Å². The summed E-state index contributed by atoms with van der Waals surface area (Å²) in [7, 11) is 1.82. The highest BCUT2D eigenvalue weighted by molar-refractivity contribution is 5.79. The van der Waals surface area contributed by atoms with Crippen LogP contribution in [0.5, 0.6) is 0 Å². The Hall–Kier alpha value is -1.59. The van der Waals surface area contributed by atoms with Crippen LogP contribution in [-0.2, 0) is 17.7 Å². The Morgan fingerprint density at radius 2 is 2.08 bits per heavy atom. The van der Waals surface area contributed by atoms with E-state index in [-0.39, 0.29) is 0 Å². The number of benzene rings is 1. The van der Waals surface area contributed by atoms with Crippen LogP contribution in [0.1, 0.15) is 31.9 Å². The molecule has 1 saturated heterocycles. The van der Waals surface area contributed by atoms with E-state index in [1.165, 1.54) is 11.1 Å². The molecule has 1 fully saturated rings. The van der Waals surface area contributed by atoms with Gasteiger partial charge in [0.1, 0.15) is 0 Å². The van der Waals surface area contributed by atoms with Gasteiger partial charge in [-0.15, -0.1) is 0 Å². The maximum absolute atomic E-state index is 5.52. The number of ether oxygens (including phenoxy) is 1. The third-order valence-corrected chi connectivity index (χ3v) is 4.72. The molecule has 0 aliphatic carbocycles. The second kappa shape index (κ2) is 9.64. The van der Waals surface area contributed by atoms with Crippen molar-refractivity contribution in [1.29, 1.82) is 0 Å². The minimum Gasteiger partial charge on any atom is -0.379 e. The molecule has 134 valence electrons. The third kappa shape index (κ3) is 5.21. The summed E-state index contributed by atoms with van der Waals surface area (Å²) in [6, 6.07) is 9.48. The number of aryl methyl sites for hydroxylation is 1. The Kier molecular flexibility index (Phi) is 7.53. The summed E-state index contributed by atoms with van der Waals surface area (Å²) in [5.74, 6) is 0.855. The largest absolute Gasteiger partial charge is 0.379 e. The van der Waals surface area contributed by atoms with E-state index in [1.807, 2.05) is 7.05 Å². The minimum absolute atomic E-state index is 0.449. The number of rotatable bonds is 6. The van der Waals surface area contributed by atoms with E-state index < -0.39 is 0 Å². The van der Waals surface area contributed by atoms with E-state index in [2.05, 4.69) is 65.6 Å². The molecule has 0 bridgehead atoms. The van der Waals surface area contributed by atoms with Crippen molar-refractivity contribution in [2.75, 3.05) is 33.4 Å². The molecule has 2 unspecified atom stereocenters. The SMILES string of the molecule is CCc1ccccc1CNC(=NC)NCC(C)N1CCOCC1C. The predicted molar refractivity (Wildman–Crippen MR) is 100 cm³/mol. The van der Waals surface area contributed by atoms with Crippen LogP contribution >= 0.6 is 0 Å². The van der Waals surface area contributed by atoms with Crippen LogP contribution in [-0.4, -0.2) is 56.3 Å². The molecule has 0 radical (unpaired) electrons. The zero-order valence-electron chi connectivity index (χ0n) is 15.5. The molecule has 0 saturated carbocycles. The molecule has 1 heterocycles. The van der Waals surface area contributed by atoms with Gasteiger partial charge in [-0.05, 0) is 31.4 Å². The smallest absolute Gasteiger partial charge is 0.191 e. The molecule has 2 N–H and O–H groups in total. The van der Waals surface area contributed by atoms with Crippen molar-refractivity contribution >= 4 is 5.96 Å². The molecular formula is C19H32N4O. The lowest BCUT2D eigenvalue weighted by Crippen LogP contribution is -2.53. The second-order valence-corrected chi connectivity index (χ2v) is 6.44. The fourth-order valence-corrected chi connectivity index (χ4v) is 3.23. The number of hydrogen-bond donors (Lipinski definition) is 2. The first kappa shape index (κ1) is 18.7. The van der Waals surface area contributed by atoms with Gasteiger partial charge in [0.15, 0.2) is 5.96 Å². The van der Waals surface area contributed by atoms with E-state index >= 15 is 0 Å². The summed E-state index contributed by atoms with van der Waals surface area (Å²) in [6.45, 7) is 11.0. The number of hydrogen-bond acceptors (Lipinski definition) is 3. The molecule has 5 heteroatoms. The molecule has 2 rings (SSSR count). The average molecular weight is 332 g/mol. The van der Waals surface area contributed by atoms with Gasteiger partial charge in [0.25, 0.3) is 0 Å². The quantitative estimate of drug-likeness (QED) is 0.618. The number of nitrogens with one attached hydrogen (secondary N) is 2. The predicted octanol–water partition coefficient (Wildman–Crippen LogP) is 2.02. The molecule has 0 amide bonds. The summed E-state index contributed by atoms with van der Waals surface area (Å²) in [5.41, 5.74) is 2.72. The average Bonchev–Trinajstić information content (AvgIpc) is 2.62. The lowest BCUT2D eigenvalue weighted by atomic mass is 10.1. The van der Waals surface area contributed by atoms with Crippen molar-refractivity contribution in [3.63, 3.8) is 0 Å². The Morgan fingerprint density at radius 3 is 2.75 bits per heavy atom. The molecule has 1 aliphatic heterocycles. The van der Waals surface area contributed by atoms with Gasteiger partial charge in [-0.3, -0.25) is 9.89 Å². The lowest BCUT2D eigenvalue weighted by Gasteiger charge is -2.38. The monoisotopic (exact) mass is 332 g/mol. The van der Waals surface area contributed by atoms with Crippen molar-refractivity contribution < 1.29 is 4.74 Å². The molecule has 0 spiro atoms. The Labute approximate surface area is 146 Å². The van der Waals surface area contributed by atoms with Gasteiger partial charge in [0.05, 0.1) is 13.2 Å².